The van der Waals surface area contributed by atoms with Gasteiger partial charge in [-0.25, -0.2) is 8.42 Å². The molecule has 1 fully saturated rings. The van der Waals surface area contributed by atoms with Gasteiger partial charge in [0.1, 0.15) is 0 Å². The van der Waals surface area contributed by atoms with Crippen molar-refractivity contribution in [1.29, 1.82) is 0 Å². The fraction of sp³-hybridized carbons (Fsp3) is 0.583. The second-order valence-electron chi connectivity index (χ2n) is 9.69. The largest absolute Gasteiger partial charge is 0.370 e. The molecule has 2 aliphatic heterocycles. The highest BCUT2D eigenvalue weighted by Gasteiger charge is 2.41. The van der Waals surface area contributed by atoms with Gasteiger partial charge in [0.15, 0.2) is 0 Å². The van der Waals surface area contributed by atoms with Crippen molar-refractivity contribution in [3.05, 3.63) is 51.2 Å². The summed E-state index contributed by atoms with van der Waals surface area (Å²) in [5, 5.41) is 0. The summed E-state index contributed by atoms with van der Waals surface area (Å²) in [7, 11) is -3.40. The zero-order chi connectivity index (χ0) is 22.3. The molecule has 5 nitrogen and oxygen atoms in total. The predicted octanol–water partition coefficient (Wildman–Crippen LogP) is 4.91. The number of benzene rings is 1. The van der Waals surface area contributed by atoms with Crippen LogP contribution in [0.1, 0.15) is 61.4 Å². The lowest BCUT2D eigenvalue weighted by Gasteiger charge is -2.44. The highest BCUT2D eigenvalue weighted by atomic mass is 32.2. The van der Waals surface area contributed by atoms with E-state index in [-0.39, 0.29) is 5.60 Å². The molecule has 0 amide bonds. The third-order valence-corrected chi connectivity index (χ3v) is 9.95. The summed E-state index contributed by atoms with van der Waals surface area (Å²) in [6.45, 7) is 11.1. The summed E-state index contributed by atoms with van der Waals surface area (Å²) in [5.74, 6) is 0. The third kappa shape index (κ3) is 4.70. The molecule has 0 unspecified atom stereocenters. The Morgan fingerprint density at radius 3 is 2.45 bits per heavy atom. The van der Waals surface area contributed by atoms with E-state index in [4.69, 9.17) is 4.74 Å². The topological polar surface area (TPSA) is 58.6 Å². The molecule has 1 spiro atoms. The van der Waals surface area contributed by atoms with E-state index in [0.29, 0.717) is 5.69 Å². The molecule has 2 aliphatic rings. The van der Waals surface area contributed by atoms with E-state index < -0.39 is 14.8 Å². The summed E-state index contributed by atoms with van der Waals surface area (Å²) in [6, 6.07) is 10.2. The molecule has 1 aromatic carbocycles. The van der Waals surface area contributed by atoms with Crippen molar-refractivity contribution in [2.75, 3.05) is 24.4 Å². The smallest absolute Gasteiger partial charge is 0.237 e. The lowest BCUT2D eigenvalue weighted by molar-refractivity contribution is -0.0981. The minimum absolute atomic E-state index is 0.0942. The van der Waals surface area contributed by atoms with Gasteiger partial charge in [0.25, 0.3) is 0 Å². The number of hydrogen-bond acceptors (Lipinski definition) is 5. The molecular weight excluding hydrogens is 428 g/mol. The van der Waals surface area contributed by atoms with E-state index in [1.54, 1.807) is 20.8 Å². The molecule has 1 N–H and O–H groups in total. The maximum absolute atomic E-state index is 12.3. The Kier molecular flexibility index (Phi) is 6.25. The van der Waals surface area contributed by atoms with Crippen molar-refractivity contribution in [1.82, 2.24) is 4.90 Å². The van der Waals surface area contributed by atoms with Crippen LogP contribution in [0.15, 0.2) is 30.3 Å². The Hall–Kier alpha value is -1.41. The van der Waals surface area contributed by atoms with Gasteiger partial charge in [-0.1, -0.05) is 19.1 Å². The summed E-state index contributed by atoms with van der Waals surface area (Å²) < 4.78 is 32.9. The summed E-state index contributed by atoms with van der Waals surface area (Å²) in [5.41, 5.74) is 3.17. The minimum Gasteiger partial charge on any atom is -0.370 e. The second-order valence-corrected chi connectivity index (χ2v) is 13.3. The number of fused-ring (bicyclic) bond motifs is 2. The van der Waals surface area contributed by atoms with E-state index >= 15 is 0 Å². The monoisotopic (exact) mass is 462 g/mol. The molecule has 2 aromatic rings. The first-order chi connectivity index (χ1) is 14.6. The zero-order valence-corrected chi connectivity index (χ0v) is 20.7. The van der Waals surface area contributed by atoms with Crippen molar-refractivity contribution in [2.45, 2.75) is 70.3 Å². The summed E-state index contributed by atoms with van der Waals surface area (Å²) in [6.07, 6.45) is 4.21. The van der Waals surface area contributed by atoms with Crippen LogP contribution >= 0.6 is 11.3 Å². The number of nitrogens with one attached hydrogen (secondary N) is 1. The lowest BCUT2D eigenvalue weighted by Crippen LogP contribution is -2.45. The second kappa shape index (κ2) is 8.50. The molecule has 7 heteroatoms. The molecule has 3 heterocycles. The highest BCUT2D eigenvalue weighted by molar-refractivity contribution is 7.94. The Balaban J connectivity index is 1.37. The average molecular weight is 463 g/mol. The highest BCUT2D eigenvalue weighted by Crippen LogP contribution is 2.44. The zero-order valence-electron chi connectivity index (χ0n) is 19.0. The summed E-state index contributed by atoms with van der Waals surface area (Å²) >= 11 is 1.97. The predicted molar refractivity (Wildman–Crippen MR) is 128 cm³/mol. The van der Waals surface area contributed by atoms with E-state index in [2.05, 4.69) is 22.6 Å². The van der Waals surface area contributed by atoms with Crippen LogP contribution in [0.3, 0.4) is 0 Å². The average Bonchev–Trinajstić information content (AvgIpc) is 3.15. The van der Waals surface area contributed by atoms with Gasteiger partial charge < -0.3 is 4.74 Å². The number of rotatable bonds is 5. The number of ether oxygens (including phenoxy) is 1. The van der Waals surface area contributed by atoms with E-state index in [0.717, 1.165) is 51.9 Å². The first-order valence-electron chi connectivity index (χ1n) is 11.2. The normalized spacial score (nSPS) is 19.4. The van der Waals surface area contributed by atoms with Crippen LogP contribution in [-0.4, -0.2) is 37.8 Å². The number of piperidine rings is 1. The molecule has 0 aliphatic carbocycles. The Labute approximate surface area is 190 Å². The number of nitrogens with zero attached hydrogens (tertiary/aromatic N) is 1. The molecule has 170 valence electrons. The van der Waals surface area contributed by atoms with Crippen LogP contribution in [0.2, 0.25) is 0 Å². The molecule has 1 saturated heterocycles. The van der Waals surface area contributed by atoms with Gasteiger partial charge in [-0.2, -0.15) is 0 Å². The van der Waals surface area contributed by atoms with Crippen molar-refractivity contribution in [2.24, 2.45) is 0 Å². The van der Waals surface area contributed by atoms with E-state index in [9.17, 15) is 8.42 Å². The summed E-state index contributed by atoms with van der Waals surface area (Å²) in [4.78, 5) is 5.48. The van der Waals surface area contributed by atoms with Crippen molar-refractivity contribution in [3.63, 3.8) is 0 Å². The van der Waals surface area contributed by atoms with Crippen molar-refractivity contribution < 1.29 is 13.2 Å². The van der Waals surface area contributed by atoms with Crippen LogP contribution < -0.4 is 4.72 Å². The standard InChI is InChI=1S/C24H34N2O3S2/c1-5-20-16-21-22(30-20)10-15-29-24(21)11-13-26(14-12-24)17-18-6-8-19(9-7-18)25-31(27,28)23(2,3)4/h6-9,16,25H,5,10-15,17H2,1-4H3. The van der Waals surface area contributed by atoms with Gasteiger partial charge >= 0.3 is 0 Å². The third-order valence-electron chi connectivity index (χ3n) is 6.49. The maximum atomic E-state index is 12.3. The van der Waals surface area contributed by atoms with Crippen molar-refractivity contribution in [3.8, 4) is 0 Å². The molecule has 0 bridgehead atoms. The van der Waals surface area contributed by atoms with Crippen LogP contribution in [0, 0.1) is 0 Å². The Bertz CT molecular complexity index is 1010. The molecule has 0 saturated carbocycles. The number of anilines is 1. The molecule has 1 aromatic heterocycles. The first kappa shape index (κ1) is 22.8. The number of likely N-dealkylation sites (tertiary alicyclic amines) is 1. The molecule has 0 atom stereocenters. The van der Waals surface area contributed by atoms with Gasteiger partial charge in [0, 0.05) is 41.5 Å². The lowest BCUT2D eigenvalue weighted by atomic mass is 9.82. The van der Waals surface area contributed by atoms with Gasteiger partial charge in [0.05, 0.1) is 17.0 Å². The van der Waals surface area contributed by atoms with Crippen LogP contribution in [0.4, 0.5) is 5.69 Å². The minimum atomic E-state index is -3.40. The molecular formula is C24H34N2O3S2. The van der Waals surface area contributed by atoms with Gasteiger partial charge in [-0.15, -0.1) is 11.3 Å². The fourth-order valence-electron chi connectivity index (χ4n) is 4.38. The van der Waals surface area contributed by atoms with Crippen LogP contribution in [0.5, 0.6) is 0 Å². The van der Waals surface area contributed by atoms with Crippen LogP contribution in [0.25, 0.3) is 0 Å². The van der Waals surface area contributed by atoms with E-state index in [1.165, 1.54) is 20.9 Å². The van der Waals surface area contributed by atoms with Crippen molar-refractivity contribution >= 4 is 27.0 Å². The number of aryl methyl sites for hydroxylation is 1. The fourth-order valence-corrected chi connectivity index (χ4v) is 6.31. The van der Waals surface area contributed by atoms with E-state index in [1.807, 2.05) is 35.6 Å². The molecule has 0 radical (unpaired) electrons. The Morgan fingerprint density at radius 1 is 1.16 bits per heavy atom. The quantitative estimate of drug-likeness (QED) is 0.686. The van der Waals surface area contributed by atoms with Gasteiger partial charge in [0.2, 0.25) is 10.0 Å². The van der Waals surface area contributed by atoms with Gasteiger partial charge in [-0.05, 0) is 69.4 Å². The molecule has 4 rings (SSSR count). The van der Waals surface area contributed by atoms with Crippen LogP contribution in [-0.2, 0) is 39.7 Å². The Morgan fingerprint density at radius 2 is 1.84 bits per heavy atom. The van der Waals surface area contributed by atoms with Gasteiger partial charge in [-0.3, -0.25) is 9.62 Å². The first-order valence-corrected chi connectivity index (χ1v) is 13.5. The number of hydrogen-bond donors (Lipinski definition) is 1. The number of thiophene rings is 1. The molecule has 31 heavy (non-hydrogen) atoms. The maximum Gasteiger partial charge on any atom is 0.237 e. The number of sulfonamides is 1. The SMILES string of the molecule is CCc1cc2c(s1)CCOC21CCN(Cc2ccc(NS(=O)(=O)C(C)(C)C)cc2)CC1.